The van der Waals surface area contributed by atoms with Crippen LogP contribution in [-0.4, -0.2) is 270 Å². The lowest BCUT2D eigenvalue weighted by Gasteiger charge is -2.43. The molecular weight excluding hydrogens is 1390 g/mol. The summed E-state index contributed by atoms with van der Waals surface area (Å²) in [6.07, 6.45) is -6.82. The number of likely N-dealkylation sites (N-methyl/N-ethyl adjacent to an activating group) is 7. The molecule has 3 heterocycles. The Balaban J connectivity index is 1.32. The average molecular weight is 1500 g/mol. The van der Waals surface area contributed by atoms with Crippen molar-refractivity contribution in [1.29, 1.82) is 0 Å². The molecule has 3 N–H and O–H groups in total. The number of halogens is 8. The molecule has 12 amide bonds. The van der Waals surface area contributed by atoms with Gasteiger partial charge in [-0.3, -0.25) is 57.5 Å². The van der Waals surface area contributed by atoms with Crippen molar-refractivity contribution >= 4 is 70.9 Å². The maximum Gasteiger partial charge on any atom is 0.422 e. The van der Waals surface area contributed by atoms with Crippen LogP contribution in [0.4, 0.5) is 35.1 Å². The molecule has 0 radical (unpaired) electrons. The number of nitrogens with zero attached hydrogens (tertiary/aromatic N) is 9. The van der Waals surface area contributed by atoms with Gasteiger partial charge in [-0.15, -0.1) is 0 Å². The van der Waals surface area contributed by atoms with Crippen LogP contribution in [0.25, 0.3) is 0 Å². The number of fused-ring (bicyclic) bond motifs is 1. The number of ether oxygens (including phenoxy) is 1. The second-order valence-electron chi connectivity index (χ2n) is 29.8. The molecule has 0 bridgehead atoms. The fourth-order valence-electron chi connectivity index (χ4n) is 15.8. The van der Waals surface area contributed by atoms with Crippen LogP contribution >= 0.6 is 0 Å². The largest absolute Gasteiger partial charge is 0.422 e. The molecule has 33 heteroatoms. The Labute approximate surface area is 608 Å². The van der Waals surface area contributed by atoms with Crippen LogP contribution in [0.2, 0.25) is 0 Å². The Morgan fingerprint density at radius 1 is 0.629 bits per heavy atom. The molecule has 0 aromatic heterocycles. The lowest BCUT2D eigenvalue weighted by atomic mass is 9.81. The smallest absolute Gasteiger partial charge is 0.377 e. The maximum absolute atomic E-state index is 15.8. The van der Waals surface area contributed by atoms with Crippen LogP contribution in [0.1, 0.15) is 173 Å². The summed E-state index contributed by atoms with van der Waals surface area (Å²) >= 11 is 0. The highest BCUT2D eigenvalue weighted by Crippen LogP contribution is 2.39. The number of benzene rings is 1. The fourth-order valence-corrected chi connectivity index (χ4v) is 15.8. The summed E-state index contributed by atoms with van der Waals surface area (Å²) in [5.74, 6) is -16.5. The summed E-state index contributed by atoms with van der Waals surface area (Å²) < 4.78 is 122. The third-order valence-electron chi connectivity index (χ3n) is 22.3. The number of aryl methyl sites for hydroxylation is 1. The van der Waals surface area contributed by atoms with Gasteiger partial charge in [0.15, 0.2) is 0 Å². The summed E-state index contributed by atoms with van der Waals surface area (Å²) in [5.41, 5.74) is -4.29. The van der Waals surface area contributed by atoms with E-state index in [1.54, 1.807) is 13.8 Å². The van der Waals surface area contributed by atoms with Crippen LogP contribution in [-0.2, 0) is 74.9 Å². The van der Waals surface area contributed by atoms with E-state index in [1.807, 2.05) is 0 Å². The molecule has 105 heavy (non-hydrogen) atoms. The minimum atomic E-state index is -5.43. The van der Waals surface area contributed by atoms with Crippen LogP contribution < -0.4 is 16.0 Å². The molecule has 3 aliphatic heterocycles. The molecule has 6 aliphatic rings. The van der Waals surface area contributed by atoms with Crippen molar-refractivity contribution in [2.75, 3.05) is 95.2 Å². The van der Waals surface area contributed by atoms with E-state index in [0.717, 1.165) is 62.1 Å². The highest BCUT2D eigenvalue weighted by atomic mass is 19.4. The summed E-state index contributed by atoms with van der Waals surface area (Å²) in [6.45, 7) is 2.75. The summed E-state index contributed by atoms with van der Waals surface area (Å²) in [4.78, 5) is 188. The highest BCUT2D eigenvalue weighted by molar-refractivity contribution is 6.01. The Bertz CT molecular complexity index is 3280. The Morgan fingerprint density at radius 2 is 1.20 bits per heavy atom. The van der Waals surface area contributed by atoms with E-state index in [2.05, 4.69) is 16.0 Å². The molecular formula is C72H106F8N12O13. The zero-order valence-corrected chi connectivity index (χ0v) is 62.1. The van der Waals surface area contributed by atoms with Crippen molar-refractivity contribution in [2.24, 2.45) is 17.8 Å². The normalized spacial score (nSPS) is 27.0. The molecule has 9 atom stereocenters. The maximum atomic E-state index is 15.8. The molecule has 3 saturated heterocycles. The van der Waals surface area contributed by atoms with Crippen molar-refractivity contribution in [3.05, 3.63) is 34.9 Å². The Hall–Kier alpha value is -7.74. The zero-order chi connectivity index (χ0) is 77.7. The van der Waals surface area contributed by atoms with Gasteiger partial charge in [0.1, 0.15) is 65.0 Å². The number of rotatable bonds is 12. The topological polar surface area (TPSA) is 279 Å². The minimum Gasteiger partial charge on any atom is -0.377 e. The SMILES string of the molecule is CCO[C@@H]1C[C@H]2C(=O)NC3(CCCC3)C(=O)N(C)[C@@H](C3CCCCC3)C(=O)N(C)[C@H](C(=O)N3CCCC3)CC(=O)N(C)[C@@H](CC(F)(F)F)C(=O)N[C@@H]([C@@H](C)CC)C(=O)N(C)CC(=O)N(C)CC(=O)N(C)[C@@H](CC3CCCCC3)C(=O)N(C)CC(=O)N[C@@H](CCc3cc(F)c(C(F)(F)F)c(F)c3)C(=O)N2C1. The molecule has 588 valence electrons. The van der Waals surface area contributed by atoms with Gasteiger partial charge in [0.05, 0.1) is 38.6 Å². The minimum absolute atomic E-state index is 0.0127. The van der Waals surface area contributed by atoms with Crippen molar-refractivity contribution in [3.8, 4) is 0 Å². The van der Waals surface area contributed by atoms with Crippen LogP contribution in [0.15, 0.2) is 12.1 Å². The Kier molecular flexibility index (Phi) is 29.5. The number of carbonyl (C=O) groups is 12. The van der Waals surface area contributed by atoms with Gasteiger partial charge in [-0.2, -0.15) is 26.3 Å². The van der Waals surface area contributed by atoms with Crippen molar-refractivity contribution in [2.45, 2.75) is 235 Å². The third kappa shape index (κ3) is 21.3. The van der Waals surface area contributed by atoms with Gasteiger partial charge in [-0.1, -0.05) is 84.5 Å². The third-order valence-corrected chi connectivity index (χ3v) is 22.3. The lowest BCUT2D eigenvalue weighted by molar-refractivity contribution is -0.163. The number of likely N-dealkylation sites (tertiary alicyclic amines) is 1. The molecule has 6 fully saturated rings. The standard InChI is InChI=1S/C72H106F8N12O13/c1-11-43(3)60-67(102)86(6)41-57(95)84(4)42-58(96)87(7)52(35-44-23-15-13-16-24-44)65(100)85(5)40-55(93)81-50(28-27-45-33-48(73)59(49(74)34-45)72(78,79)80)64(99)92-39-47(105-12-2)36-51(92)63(98)83-70(29-19-20-30-70)69(104)90(10)61(46-25-17-14-18-26-46)68(103)89(9)53(66(101)91-31-21-22-32-91)37-56(94)88(8)54(62(97)82-60)38-71(75,76)77/h33-34,43-44,46-47,50-54,60-61H,11-32,35-42H2,1-10H3,(H,81,93)(H,82,97)(H,83,98)/t43-,47+,50-,51-,52-,53-,54-,60-,61-/m0/s1. The number of hydrogen-bond acceptors (Lipinski definition) is 13. The molecule has 3 saturated carbocycles. The Morgan fingerprint density at radius 3 is 1.77 bits per heavy atom. The number of nitrogens with one attached hydrogen (secondary N) is 3. The second-order valence-corrected chi connectivity index (χ2v) is 29.8. The van der Waals surface area contributed by atoms with Gasteiger partial charge in [0.25, 0.3) is 0 Å². The molecule has 25 nitrogen and oxygen atoms in total. The molecule has 0 unspecified atom stereocenters. The van der Waals surface area contributed by atoms with Crippen molar-refractivity contribution in [3.63, 3.8) is 0 Å². The van der Waals surface area contributed by atoms with E-state index in [0.29, 0.717) is 81.2 Å². The average Bonchev–Trinajstić information content (AvgIpc) is 1.72. The molecule has 3 aliphatic carbocycles. The zero-order valence-electron chi connectivity index (χ0n) is 62.1. The van der Waals surface area contributed by atoms with Gasteiger partial charge in [-0.05, 0) is 100 Å². The number of amides is 12. The van der Waals surface area contributed by atoms with Crippen LogP contribution in [0.5, 0.6) is 0 Å². The predicted octanol–water partition coefficient (Wildman–Crippen LogP) is 5.58. The summed E-state index contributed by atoms with van der Waals surface area (Å²) in [6, 6.07) is -10.7. The quantitative estimate of drug-likeness (QED) is 0.216. The fraction of sp³-hybridized carbons (Fsp3) is 0.750. The van der Waals surface area contributed by atoms with Crippen molar-refractivity contribution in [1.82, 2.24) is 60.0 Å². The van der Waals surface area contributed by atoms with E-state index in [1.165, 1.54) is 59.0 Å². The number of hydrogen-bond donors (Lipinski definition) is 3. The van der Waals surface area contributed by atoms with Gasteiger partial charge in [0.2, 0.25) is 70.9 Å². The molecule has 1 spiro atoms. The van der Waals surface area contributed by atoms with E-state index < -0.39 is 212 Å². The first-order valence-electron chi connectivity index (χ1n) is 36.9. The number of alkyl halides is 6. The lowest BCUT2D eigenvalue weighted by Crippen LogP contribution is -2.65. The van der Waals surface area contributed by atoms with E-state index >= 15 is 28.0 Å². The molecule has 1 aromatic carbocycles. The molecule has 1 aromatic rings. The van der Waals surface area contributed by atoms with Gasteiger partial charge < -0.3 is 64.8 Å². The highest BCUT2D eigenvalue weighted by Gasteiger charge is 2.53. The predicted molar refractivity (Wildman–Crippen MR) is 366 cm³/mol. The van der Waals surface area contributed by atoms with Gasteiger partial charge in [0, 0.05) is 82.0 Å². The van der Waals surface area contributed by atoms with E-state index in [-0.39, 0.29) is 69.8 Å². The summed E-state index contributed by atoms with van der Waals surface area (Å²) in [7, 11) is 8.55. The monoisotopic (exact) mass is 1500 g/mol. The first-order valence-corrected chi connectivity index (χ1v) is 36.9. The van der Waals surface area contributed by atoms with E-state index in [9.17, 15) is 64.7 Å². The van der Waals surface area contributed by atoms with Gasteiger partial charge >= 0.3 is 12.4 Å². The molecule has 7 rings (SSSR count). The first kappa shape index (κ1) is 84.5. The van der Waals surface area contributed by atoms with Crippen LogP contribution in [0.3, 0.4) is 0 Å². The number of carbonyl (C=O) groups excluding carboxylic acids is 12. The van der Waals surface area contributed by atoms with Gasteiger partial charge in [-0.25, -0.2) is 8.78 Å². The van der Waals surface area contributed by atoms with Crippen LogP contribution in [0, 0.1) is 29.4 Å². The summed E-state index contributed by atoms with van der Waals surface area (Å²) in [5, 5.41) is 7.96. The first-order chi connectivity index (χ1) is 49.3. The second kappa shape index (κ2) is 36.7. The van der Waals surface area contributed by atoms with Crippen molar-refractivity contribution < 1.29 is 97.4 Å². The van der Waals surface area contributed by atoms with E-state index in [4.69, 9.17) is 4.74 Å².